The van der Waals surface area contributed by atoms with E-state index < -0.39 is 0 Å². The molecule has 3 aromatic heterocycles. The number of fused-ring (bicyclic) bond motifs is 5. The van der Waals surface area contributed by atoms with E-state index in [1.165, 1.54) is 0 Å². The molecule has 23 heavy (non-hydrogen) atoms. The van der Waals surface area contributed by atoms with Crippen molar-refractivity contribution >= 4 is 33.5 Å². The Bertz CT molecular complexity index is 1280. The fourth-order valence-electron chi connectivity index (χ4n) is 3.16. The van der Waals surface area contributed by atoms with E-state index in [0.29, 0.717) is 5.65 Å². The lowest BCUT2D eigenvalue weighted by atomic mass is 10.2. The largest absolute Gasteiger partial charge is 0.345 e. The van der Waals surface area contributed by atoms with Crippen molar-refractivity contribution in [3.8, 4) is 0 Å². The van der Waals surface area contributed by atoms with E-state index >= 15 is 0 Å². The van der Waals surface area contributed by atoms with Crippen LogP contribution in [0, 0.1) is 0 Å². The molecule has 0 amide bonds. The summed E-state index contributed by atoms with van der Waals surface area (Å²) in [6, 6.07) is 8.01. The minimum absolute atomic E-state index is 0.192. The van der Waals surface area contributed by atoms with Gasteiger partial charge in [-0.25, -0.2) is 9.97 Å². The number of nitrogens with one attached hydrogen (secondary N) is 2. The molecular weight excluding hydrogens is 290 g/mol. The molecule has 0 aliphatic rings. The third-order valence-corrected chi connectivity index (χ3v) is 4.10. The SMILES string of the molecule is O=c1[nH]c2c3ccccc3c(=Cc3ncc[nH]3)c2n2ccnc12. The zero-order valence-corrected chi connectivity index (χ0v) is 11.9. The van der Waals surface area contributed by atoms with Crippen LogP contribution in [0.5, 0.6) is 0 Å². The van der Waals surface area contributed by atoms with Crippen LogP contribution in [0.1, 0.15) is 5.82 Å². The van der Waals surface area contributed by atoms with Gasteiger partial charge in [-0.05, 0) is 11.5 Å². The van der Waals surface area contributed by atoms with Gasteiger partial charge < -0.3 is 9.97 Å². The summed E-state index contributed by atoms with van der Waals surface area (Å²) < 4.78 is 1.84. The van der Waals surface area contributed by atoms with Crippen LogP contribution >= 0.6 is 0 Å². The average Bonchev–Trinajstić information content (AvgIpc) is 3.28. The van der Waals surface area contributed by atoms with Crippen molar-refractivity contribution < 1.29 is 0 Å². The van der Waals surface area contributed by atoms with E-state index in [9.17, 15) is 4.79 Å². The van der Waals surface area contributed by atoms with Gasteiger partial charge >= 0.3 is 0 Å². The van der Waals surface area contributed by atoms with Crippen LogP contribution in [-0.4, -0.2) is 24.3 Å². The third kappa shape index (κ3) is 1.60. The van der Waals surface area contributed by atoms with Crippen molar-refractivity contribution in [1.29, 1.82) is 0 Å². The summed E-state index contributed by atoms with van der Waals surface area (Å²) >= 11 is 0. The average molecular weight is 301 g/mol. The molecule has 3 heterocycles. The molecule has 5 aromatic rings. The Balaban J connectivity index is 2.14. The Labute approximate surface area is 129 Å². The summed E-state index contributed by atoms with van der Waals surface area (Å²) in [6.45, 7) is 0. The van der Waals surface area contributed by atoms with Crippen LogP contribution < -0.4 is 10.8 Å². The first-order valence-electron chi connectivity index (χ1n) is 7.23. The maximum absolute atomic E-state index is 12.3. The van der Waals surface area contributed by atoms with Gasteiger partial charge in [-0.2, -0.15) is 0 Å². The molecule has 2 N–H and O–H groups in total. The molecule has 5 rings (SSSR count). The number of hydrogen-bond acceptors (Lipinski definition) is 3. The van der Waals surface area contributed by atoms with Crippen LogP contribution in [0.15, 0.2) is 53.8 Å². The zero-order valence-electron chi connectivity index (χ0n) is 11.9. The Morgan fingerprint density at radius 1 is 1.09 bits per heavy atom. The number of aromatic nitrogens is 5. The maximum Gasteiger partial charge on any atom is 0.292 e. The minimum Gasteiger partial charge on any atom is -0.345 e. The highest BCUT2D eigenvalue weighted by Gasteiger charge is 2.13. The van der Waals surface area contributed by atoms with E-state index in [1.54, 1.807) is 18.6 Å². The molecule has 0 radical (unpaired) electrons. The van der Waals surface area contributed by atoms with Crippen LogP contribution in [-0.2, 0) is 0 Å². The second-order valence-electron chi connectivity index (χ2n) is 5.38. The number of aromatic amines is 2. The van der Waals surface area contributed by atoms with Gasteiger partial charge in [0.15, 0.2) is 0 Å². The summed E-state index contributed by atoms with van der Waals surface area (Å²) in [5.74, 6) is 0.766. The summed E-state index contributed by atoms with van der Waals surface area (Å²) in [4.78, 5) is 26.8. The third-order valence-electron chi connectivity index (χ3n) is 4.10. The van der Waals surface area contributed by atoms with Gasteiger partial charge in [0.05, 0.1) is 11.0 Å². The number of imidazole rings is 2. The number of rotatable bonds is 1. The van der Waals surface area contributed by atoms with Gasteiger partial charge in [-0.3, -0.25) is 9.20 Å². The van der Waals surface area contributed by atoms with E-state index in [2.05, 4.69) is 19.9 Å². The zero-order chi connectivity index (χ0) is 15.4. The normalized spacial score (nSPS) is 12.8. The van der Waals surface area contributed by atoms with Crippen molar-refractivity contribution in [1.82, 2.24) is 24.3 Å². The summed E-state index contributed by atoms with van der Waals surface area (Å²) in [5, 5.41) is 3.08. The van der Waals surface area contributed by atoms with E-state index in [4.69, 9.17) is 0 Å². The van der Waals surface area contributed by atoms with Crippen LogP contribution in [0.4, 0.5) is 0 Å². The Morgan fingerprint density at radius 2 is 1.96 bits per heavy atom. The fourth-order valence-corrected chi connectivity index (χ4v) is 3.16. The lowest BCUT2D eigenvalue weighted by Crippen LogP contribution is -2.13. The maximum atomic E-state index is 12.3. The molecule has 110 valence electrons. The van der Waals surface area contributed by atoms with E-state index in [1.807, 2.05) is 40.9 Å². The number of benzene rings is 1. The Morgan fingerprint density at radius 3 is 2.78 bits per heavy atom. The van der Waals surface area contributed by atoms with Crippen molar-refractivity contribution in [2.45, 2.75) is 0 Å². The first-order chi connectivity index (χ1) is 11.3. The standard InChI is InChI=1S/C17H11N5O/c23-17-16-20-7-8-22(16)15-12(9-13-18-5-6-19-13)10-3-1-2-4-11(10)14(15)21-17/h1-9H,(H,18,19)(H,21,23). The van der Waals surface area contributed by atoms with Crippen LogP contribution in [0.25, 0.3) is 33.5 Å². The highest BCUT2D eigenvalue weighted by molar-refractivity contribution is 6.09. The number of nitrogens with zero attached hydrogens (tertiary/aromatic N) is 3. The predicted molar refractivity (Wildman–Crippen MR) is 88.2 cm³/mol. The molecule has 0 bridgehead atoms. The van der Waals surface area contributed by atoms with Gasteiger partial charge in [-0.15, -0.1) is 0 Å². The quantitative estimate of drug-likeness (QED) is 0.493. The van der Waals surface area contributed by atoms with Crippen molar-refractivity contribution in [2.24, 2.45) is 0 Å². The van der Waals surface area contributed by atoms with Gasteiger partial charge in [-0.1, -0.05) is 24.3 Å². The molecule has 0 saturated carbocycles. The van der Waals surface area contributed by atoms with Crippen molar-refractivity contribution in [3.05, 3.63) is 70.4 Å². The molecular formula is C17H11N5O. The van der Waals surface area contributed by atoms with E-state index in [0.717, 1.165) is 32.8 Å². The second kappa shape index (κ2) is 4.30. The summed E-state index contributed by atoms with van der Waals surface area (Å²) in [5.41, 5.74) is 1.94. The minimum atomic E-state index is -0.192. The van der Waals surface area contributed by atoms with Gasteiger partial charge in [0.25, 0.3) is 5.56 Å². The second-order valence-corrected chi connectivity index (χ2v) is 5.38. The fraction of sp³-hybridized carbons (Fsp3) is 0. The van der Waals surface area contributed by atoms with Crippen molar-refractivity contribution in [3.63, 3.8) is 0 Å². The lowest BCUT2D eigenvalue weighted by molar-refractivity contribution is 1.17. The highest BCUT2D eigenvalue weighted by atomic mass is 16.1. The molecule has 0 aliphatic carbocycles. The molecule has 0 unspecified atom stereocenters. The first kappa shape index (κ1) is 12.2. The molecule has 2 aromatic carbocycles. The van der Waals surface area contributed by atoms with Crippen LogP contribution in [0.2, 0.25) is 0 Å². The number of H-pyrrole nitrogens is 2. The molecule has 6 heteroatoms. The summed E-state index contributed by atoms with van der Waals surface area (Å²) in [7, 11) is 0. The van der Waals surface area contributed by atoms with Gasteiger partial charge in [0.1, 0.15) is 5.82 Å². The molecule has 0 atom stereocenters. The van der Waals surface area contributed by atoms with Crippen LogP contribution in [0.3, 0.4) is 0 Å². The molecule has 0 spiro atoms. The van der Waals surface area contributed by atoms with E-state index in [-0.39, 0.29) is 5.56 Å². The molecule has 6 nitrogen and oxygen atoms in total. The monoisotopic (exact) mass is 301 g/mol. The van der Waals surface area contributed by atoms with Gasteiger partial charge in [0, 0.05) is 35.4 Å². The molecule has 0 aliphatic heterocycles. The van der Waals surface area contributed by atoms with Gasteiger partial charge in [0.2, 0.25) is 5.65 Å². The lowest BCUT2D eigenvalue weighted by Gasteiger charge is -1.97. The highest BCUT2D eigenvalue weighted by Crippen LogP contribution is 2.22. The van der Waals surface area contributed by atoms with Crippen molar-refractivity contribution in [2.75, 3.05) is 0 Å². The Hall–Kier alpha value is -3.41. The molecule has 0 fully saturated rings. The smallest absolute Gasteiger partial charge is 0.292 e. The number of hydrogen-bond donors (Lipinski definition) is 2. The molecule has 0 saturated heterocycles. The first-order valence-corrected chi connectivity index (χ1v) is 7.23. The summed E-state index contributed by atoms with van der Waals surface area (Å²) in [6.07, 6.45) is 8.94. The topological polar surface area (TPSA) is 78.8 Å². The Kier molecular flexibility index (Phi) is 2.27. The predicted octanol–water partition coefficient (Wildman–Crippen LogP) is 1.60.